The van der Waals surface area contributed by atoms with Gasteiger partial charge in [-0.1, -0.05) is 12.1 Å². The van der Waals surface area contributed by atoms with Gasteiger partial charge in [-0.2, -0.15) is 0 Å². The van der Waals surface area contributed by atoms with Gasteiger partial charge in [-0.3, -0.25) is 9.59 Å². The first kappa shape index (κ1) is 19.2. The number of thiazole rings is 1. The number of thiophene rings is 1. The van der Waals surface area contributed by atoms with Crippen molar-refractivity contribution in [1.29, 1.82) is 0 Å². The topological polar surface area (TPSA) is 71.1 Å². The molecule has 1 aromatic carbocycles. The number of carbonyl (C=O) groups excluding carboxylic acids is 2. The second-order valence-electron chi connectivity index (χ2n) is 5.78. The van der Waals surface area contributed by atoms with Gasteiger partial charge in [0.2, 0.25) is 5.91 Å². The summed E-state index contributed by atoms with van der Waals surface area (Å²) in [6, 6.07) is 9.72. The number of benzene rings is 1. The number of nitrogens with one attached hydrogen (secondary N) is 2. The van der Waals surface area contributed by atoms with E-state index in [4.69, 9.17) is 0 Å². The fourth-order valence-electron chi connectivity index (χ4n) is 2.42. The third-order valence-corrected chi connectivity index (χ3v) is 5.70. The highest BCUT2D eigenvalue weighted by atomic mass is 32.1. The molecule has 2 aromatic heterocycles. The smallest absolute Gasteiger partial charge is 0.254 e. The third-order valence-electron chi connectivity index (χ3n) is 3.75. The van der Waals surface area contributed by atoms with Crippen molar-refractivity contribution in [2.75, 3.05) is 13.1 Å². The largest absolute Gasteiger partial charge is 0.354 e. The van der Waals surface area contributed by atoms with Crippen LogP contribution < -0.4 is 10.6 Å². The molecule has 2 heterocycles. The Morgan fingerprint density at radius 1 is 1.15 bits per heavy atom. The molecule has 5 nitrogen and oxygen atoms in total. The maximum atomic E-state index is 13.5. The van der Waals surface area contributed by atoms with Gasteiger partial charge in [0.05, 0.1) is 27.7 Å². The van der Waals surface area contributed by atoms with Crippen molar-refractivity contribution in [3.8, 4) is 10.6 Å². The van der Waals surface area contributed by atoms with Gasteiger partial charge in [0, 0.05) is 16.8 Å². The molecule has 0 saturated carbocycles. The number of aromatic nitrogens is 1. The second kappa shape index (κ2) is 8.88. The zero-order valence-electron chi connectivity index (χ0n) is 14.6. The average molecular weight is 404 g/mol. The Bertz CT molecular complexity index is 952. The van der Waals surface area contributed by atoms with E-state index in [0.29, 0.717) is 13.0 Å². The van der Waals surface area contributed by atoms with Crippen LogP contribution in [0, 0.1) is 12.7 Å². The van der Waals surface area contributed by atoms with Crippen LogP contribution in [-0.2, 0) is 11.2 Å². The fourth-order valence-corrected chi connectivity index (χ4v) is 4.07. The van der Waals surface area contributed by atoms with Crippen LogP contribution in [0.2, 0.25) is 0 Å². The van der Waals surface area contributed by atoms with Crippen molar-refractivity contribution in [1.82, 2.24) is 15.6 Å². The quantitative estimate of drug-likeness (QED) is 0.635. The first-order chi connectivity index (χ1) is 13.0. The first-order valence-electron chi connectivity index (χ1n) is 8.33. The van der Waals surface area contributed by atoms with E-state index in [1.54, 1.807) is 28.7 Å². The summed E-state index contributed by atoms with van der Waals surface area (Å²) >= 11 is 3.27. The van der Waals surface area contributed by atoms with E-state index in [9.17, 15) is 14.0 Å². The average Bonchev–Trinajstić information content (AvgIpc) is 3.29. The van der Waals surface area contributed by atoms with Crippen molar-refractivity contribution in [3.63, 3.8) is 0 Å². The van der Waals surface area contributed by atoms with E-state index in [2.05, 4.69) is 15.6 Å². The highest BCUT2D eigenvalue weighted by molar-refractivity contribution is 7.16. The monoisotopic (exact) mass is 403 g/mol. The molecule has 2 N–H and O–H groups in total. The van der Waals surface area contributed by atoms with E-state index in [1.807, 2.05) is 24.4 Å². The maximum absolute atomic E-state index is 13.5. The van der Waals surface area contributed by atoms with Gasteiger partial charge >= 0.3 is 0 Å². The van der Waals surface area contributed by atoms with Gasteiger partial charge in [-0.25, -0.2) is 9.37 Å². The van der Waals surface area contributed by atoms with Gasteiger partial charge < -0.3 is 10.6 Å². The number of carbonyl (C=O) groups is 2. The molecule has 0 aliphatic rings. The van der Waals surface area contributed by atoms with Crippen LogP contribution >= 0.6 is 22.7 Å². The molecule has 140 valence electrons. The zero-order chi connectivity index (χ0) is 19.2. The molecule has 2 amide bonds. The highest BCUT2D eigenvalue weighted by Gasteiger charge is 2.12. The lowest BCUT2D eigenvalue weighted by molar-refractivity contribution is -0.120. The lowest BCUT2D eigenvalue weighted by Crippen LogP contribution is -2.37. The third kappa shape index (κ3) is 5.21. The molecular formula is C19H18FN3O2S2. The summed E-state index contributed by atoms with van der Waals surface area (Å²) in [6.07, 6.45) is 0.695. The second-order valence-corrected chi connectivity index (χ2v) is 8.01. The van der Waals surface area contributed by atoms with Crippen LogP contribution in [0.5, 0.6) is 0 Å². The van der Waals surface area contributed by atoms with Crippen LogP contribution in [0.1, 0.15) is 20.2 Å². The van der Waals surface area contributed by atoms with Crippen molar-refractivity contribution in [2.24, 2.45) is 0 Å². The number of rotatable bonds is 7. The Morgan fingerprint density at radius 3 is 2.70 bits per heavy atom. The van der Waals surface area contributed by atoms with Gasteiger partial charge in [0.15, 0.2) is 0 Å². The Kier molecular flexibility index (Phi) is 6.31. The van der Waals surface area contributed by atoms with Crippen LogP contribution in [0.4, 0.5) is 4.39 Å². The molecule has 0 spiro atoms. The van der Waals surface area contributed by atoms with Crippen molar-refractivity contribution >= 4 is 34.5 Å². The summed E-state index contributed by atoms with van der Waals surface area (Å²) in [5, 5.41) is 8.24. The molecule has 0 bridgehead atoms. The zero-order valence-corrected chi connectivity index (χ0v) is 16.3. The maximum Gasteiger partial charge on any atom is 0.254 e. The highest BCUT2D eigenvalue weighted by Crippen LogP contribution is 2.29. The van der Waals surface area contributed by atoms with Crippen LogP contribution in [0.25, 0.3) is 10.6 Å². The van der Waals surface area contributed by atoms with Gasteiger partial charge in [-0.15, -0.1) is 22.7 Å². The van der Waals surface area contributed by atoms with Crippen molar-refractivity contribution in [2.45, 2.75) is 13.3 Å². The predicted molar refractivity (Wildman–Crippen MR) is 106 cm³/mol. The van der Waals surface area contributed by atoms with Crippen LogP contribution in [0.3, 0.4) is 0 Å². The minimum absolute atomic E-state index is 0.0753. The molecular weight excluding hydrogens is 385 g/mol. The Labute approximate surface area is 164 Å². The fraction of sp³-hybridized carbons (Fsp3) is 0.211. The number of hydrogen-bond acceptors (Lipinski definition) is 5. The SMILES string of the molecule is Cc1nc(-c2ccc(CCNC(=O)CNC(=O)c3ccccc3F)s2)cs1. The van der Waals surface area contributed by atoms with E-state index >= 15 is 0 Å². The summed E-state index contributed by atoms with van der Waals surface area (Å²) in [5.41, 5.74) is 0.905. The summed E-state index contributed by atoms with van der Waals surface area (Å²) in [7, 11) is 0. The lowest BCUT2D eigenvalue weighted by atomic mass is 10.2. The standard InChI is InChI=1S/C19H18FN3O2S2/c1-12-23-16(11-26-12)17-7-6-13(27-17)8-9-21-18(24)10-22-19(25)14-4-2-3-5-15(14)20/h2-7,11H,8-10H2,1H3,(H,21,24)(H,22,25). The van der Waals surface area contributed by atoms with Crippen molar-refractivity contribution < 1.29 is 14.0 Å². The number of nitrogens with zero attached hydrogens (tertiary/aromatic N) is 1. The minimum Gasteiger partial charge on any atom is -0.354 e. The molecule has 8 heteroatoms. The van der Waals surface area contributed by atoms with Gasteiger partial charge in [-0.05, 0) is 37.6 Å². The van der Waals surface area contributed by atoms with E-state index in [0.717, 1.165) is 20.5 Å². The van der Waals surface area contributed by atoms with Crippen molar-refractivity contribution in [3.05, 3.63) is 63.0 Å². The molecule has 0 saturated heterocycles. The Balaban J connectivity index is 1.42. The molecule has 0 unspecified atom stereocenters. The predicted octanol–water partition coefficient (Wildman–Crippen LogP) is 3.41. The lowest BCUT2D eigenvalue weighted by Gasteiger charge is -2.07. The molecule has 0 aliphatic carbocycles. The summed E-state index contributed by atoms with van der Waals surface area (Å²) in [5.74, 6) is -1.53. The summed E-state index contributed by atoms with van der Waals surface area (Å²) < 4.78 is 13.5. The summed E-state index contributed by atoms with van der Waals surface area (Å²) in [4.78, 5) is 30.4. The normalized spacial score (nSPS) is 10.6. The summed E-state index contributed by atoms with van der Waals surface area (Å²) in [6.45, 7) is 2.24. The number of hydrogen-bond donors (Lipinski definition) is 2. The molecule has 0 radical (unpaired) electrons. The molecule has 0 fully saturated rings. The molecule has 0 atom stereocenters. The van der Waals surface area contributed by atoms with E-state index < -0.39 is 11.7 Å². The van der Waals surface area contributed by atoms with E-state index in [-0.39, 0.29) is 18.0 Å². The number of aryl methyl sites for hydroxylation is 1. The number of amides is 2. The Hall–Kier alpha value is -2.58. The first-order valence-corrected chi connectivity index (χ1v) is 10.0. The van der Waals surface area contributed by atoms with Gasteiger partial charge in [0.25, 0.3) is 5.91 Å². The molecule has 3 aromatic rings. The molecule has 0 aliphatic heterocycles. The van der Waals surface area contributed by atoms with Crippen LogP contribution in [0.15, 0.2) is 41.8 Å². The van der Waals surface area contributed by atoms with Crippen LogP contribution in [-0.4, -0.2) is 29.9 Å². The van der Waals surface area contributed by atoms with E-state index in [1.165, 1.54) is 18.2 Å². The number of halogens is 1. The minimum atomic E-state index is -0.612. The van der Waals surface area contributed by atoms with Gasteiger partial charge in [0.1, 0.15) is 5.82 Å². The molecule has 3 rings (SSSR count). The Morgan fingerprint density at radius 2 is 1.96 bits per heavy atom. The molecule has 27 heavy (non-hydrogen) atoms.